The fourth-order valence-electron chi connectivity index (χ4n) is 3.90. The summed E-state index contributed by atoms with van der Waals surface area (Å²) in [7, 11) is 3.34. The lowest BCUT2D eigenvalue weighted by Gasteiger charge is -2.19. The van der Waals surface area contributed by atoms with E-state index < -0.39 is 0 Å². The molecule has 0 unspecified atom stereocenters. The average Bonchev–Trinajstić information content (AvgIpc) is 2.88. The van der Waals surface area contributed by atoms with Crippen molar-refractivity contribution >= 4 is 16.9 Å². The van der Waals surface area contributed by atoms with Gasteiger partial charge in [0.1, 0.15) is 11.5 Å². The molecule has 0 fully saturated rings. The molecular formula is C30H26O3. The number of methoxy groups -OCH3 is 2. The van der Waals surface area contributed by atoms with E-state index in [1.54, 1.807) is 21.1 Å². The Hall–Kier alpha value is -4.11. The van der Waals surface area contributed by atoms with E-state index in [4.69, 9.17) is 9.47 Å². The maximum Gasteiger partial charge on any atom is 0.159 e. The third-order valence-corrected chi connectivity index (χ3v) is 5.65. The lowest BCUT2D eigenvalue weighted by atomic mass is 9.85. The molecule has 0 spiro atoms. The quantitative estimate of drug-likeness (QED) is 0.234. The van der Waals surface area contributed by atoms with Gasteiger partial charge in [0.05, 0.1) is 14.2 Å². The van der Waals surface area contributed by atoms with E-state index in [1.807, 2.05) is 66.7 Å². The van der Waals surface area contributed by atoms with Crippen molar-refractivity contribution in [2.75, 3.05) is 14.2 Å². The number of hydrogen-bond donors (Lipinski definition) is 0. The molecule has 0 heterocycles. The highest BCUT2D eigenvalue weighted by Crippen LogP contribution is 2.38. The van der Waals surface area contributed by atoms with E-state index in [0.717, 1.165) is 44.9 Å². The largest absolute Gasteiger partial charge is 0.497 e. The topological polar surface area (TPSA) is 35.5 Å². The van der Waals surface area contributed by atoms with E-state index >= 15 is 0 Å². The molecule has 33 heavy (non-hydrogen) atoms. The molecule has 4 aromatic carbocycles. The predicted octanol–water partition coefficient (Wildman–Crippen LogP) is 6.91. The summed E-state index contributed by atoms with van der Waals surface area (Å²) in [6.45, 7) is 1.59. The van der Waals surface area contributed by atoms with Gasteiger partial charge in [-0.05, 0) is 64.6 Å². The molecule has 0 aromatic heterocycles. The molecule has 0 bridgehead atoms. The molecule has 0 saturated heterocycles. The number of Topliss-reactive ketones (excluding diaryl/α,β-unsaturated/α-hetero) is 1. The molecule has 0 N–H and O–H groups in total. The van der Waals surface area contributed by atoms with Crippen LogP contribution in [0.2, 0.25) is 0 Å². The fraction of sp³-hybridized carbons (Fsp3) is 0.100. The smallest absolute Gasteiger partial charge is 0.159 e. The zero-order chi connectivity index (χ0) is 23.2. The Kier molecular flexibility index (Phi) is 6.70. The first-order valence-corrected chi connectivity index (χ1v) is 10.8. The normalized spacial score (nSPS) is 10.4. The first-order chi connectivity index (χ1) is 16.1. The number of ketones is 1. The molecule has 3 heteroatoms. The summed E-state index contributed by atoms with van der Waals surface area (Å²) in [5.41, 5.74) is 7.12. The molecule has 0 aliphatic carbocycles. The van der Waals surface area contributed by atoms with Crippen LogP contribution in [-0.2, 0) is 0 Å². The van der Waals surface area contributed by atoms with Crippen molar-refractivity contribution in [2.45, 2.75) is 6.92 Å². The Bertz CT molecular complexity index is 1200. The summed E-state index contributed by atoms with van der Waals surface area (Å²) in [5.74, 6) is 1.66. The summed E-state index contributed by atoms with van der Waals surface area (Å²) < 4.78 is 10.8. The van der Waals surface area contributed by atoms with Crippen LogP contribution < -0.4 is 9.47 Å². The van der Waals surface area contributed by atoms with Crippen molar-refractivity contribution in [1.82, 2.24) is 0 Å². The van der Waals surface area contributed by atoms with Crippen molar-refractivity contribution in [2.24, 2.45) is 0 Å². The number of carbonyl (C=O) groups is 1. The molecule has 3 nitrogen and oxygen atoms in total. The Morgan fingerprint density at radius 1 is 0.485 bits per heavy atom. The molecule has 0 saturated carbocycles. The van der Waals surface area contributed by atoms with Gasteiger partial charge in [-0.15, -0.1) is 0 Å². The van der Waals surface area contributed by atoms with Crippen molar-refractivity contribution in [3.63, 3.8) is 0 Å². The standard InChI is InChI=1S/C30H26O3/c1-21(31)22-9-11-24(12-10-22)29(23-7-5-4-6-8-23)30(25-13-17-27(32-2)18-14-25)26-15-19-28(33-3)20-16-26/h4-20H,1-3H3. The number of benzene rings is 4. The van der Waals surface area contributed by atoms with Crippen LogP contribution in [0.3, 0.4) is 0 Å². The second kappa shape index (κ2) is 10.0. The molecule has 0 radical (unpaired) electrons. The molecule has 0 atom stereocenters. The lowest BCUT2D eigenvalue weighted by molar-refractivity contribution is 0.101. The van der Waals surface area contributed by atoms with Crippen LogP contribution in [0.1, 0.15) is 39.5 Å². The summed E-state index contributed by atoms with van der Waals surface area (Å²) in [5, 5.41) is 0. The van der Waals surface area contributed by atoms with Gasteiger partial charge in [0, 0.05) is 5.56 Å². The van der Waals surface area contributed by atoms with Gasteiger partial charge in [0.2, 0.25) is 0 Å². The first kappa shape index (κ1) is 22.1. The van der Waals surface area contributed by atoms with Gasteiger partial charge in [-0.1, -0.05) is 78.9 Å². The molecule has 0 aliphatic heterocycles. The highest BCUT2D eigenvalue weighted by Gasteiger charge is 2.17. The third kappa shape index (κ3) is 4.88. The van der Waals surface area contributed by atoms with Crippen molar-refractivity contribution in [1.29, 1.82) is 0 Å². The Balaban J connectivity index is 2.03. The molecule has 4 aromatic rings. The van der Waals surface area contributed by atoms with Gasteiger partial charge in [0.15, 0.2) is 5.78 Å². The summed E-state index contributed by atoms with van der Waals surface area (Å²) in [6, 6.07) is 34.3. The van der Waals surface area contributed by atoms with Crippen LogP contribution in [0.4, 0.5) is 0 Å². The summed E-state index contributed by atoms with van der Waals surface area (Å²) >= 11 is 0. The van der Waals surface area contributed by atoms with Crippen LogP contribution in [0.15, 0.2) is 103 Å². The SMILES string of the molecule is COc1ccc(C(=C(c2ccccc2)c2ccc(C(C)=O)cc2)c2ccc(OC)cc2)cc1. The third-order valence-electron chi connectivity index (χ3n) is 5.65. The number of hydrogen-bond acceptors (Lipinski definition) is 3. The minimum atomic E-state index is 0.0531. The predicted molar refractivity (Wildman–Crippen MR) is 134 cm³/mol. The van der Waals surface area contributed by atoms with Gasteiger partial charge >= 0.3 is 0 Å². The van der Waals surface area contributed by atoms with Crippen LogP contribution in [0, 0.1) is 0 Å². The lowest BCUT2D eigenvalue weighted by Crippen LogP contribution is -1.99. The Morgan fingerprint density at radius 3 is 1.18 bits per heavy atom. The fourth-order valence-corrected chi connectivity index (χ4v) is 3.90. The second-order valence-electron chi connectivity index (χ2n) is 7.71. The summed E-state index contributed by atoms with van der Waals surface area (Å²) in [4.78, 5) is 11.9. The minimum absolute atomic E-state index is 0.0531. The van der Waals surface area contributed by atoms with E-state index in [-0.39, 0.29) is 5.78 Å². The molecule has 164 valence electrons. The maximum atomic E-state index is 11.9. The number of carbonyl (C=O) groups excluding carboxylic acids is 1. The maximum absolute atomic E-state index is 11.9. The van der Waals surface area contributed by atoms with Gasteiger partial charge in [-0.3, -0.25) is 4.79 Å². The van der Waals surface area contributed by atoms with E-state index in [1.165, 1.54) is 0 Å². The molecular weight excluding hydrogens is 408 g/mol. The monoisotopic (exact) mass is 434 g/mol. The van der Waals surface area contributed by atoms with Crippen LogP contribution in [0.25, 0.3) is 11.1 Å². The molecule has 4 rings (SSSR count). The van der Waals surface area contributed by atoms with Gasteiger partial charge < -0.3 is 9.47 Å². The van der Waals surface area contributed by atoms with Gasteiger partial charge in [0.25, 0.3) is 0 Å². The van der Waals surface area contributed by atoms with Gasteiger partial charge in [-0.25, -0.2) is 0 Å². The number of ether oxygens (including phenoxy) is 2. The Labute approximate surface area is 194 Å². The van der Waals surface area contributed by atoms with E-state index in [0.29, 0.717) is 5.56 Å². The molecule has 0 aliphatic rings. The van der Waals surface area contributed by atoms with Crippen LogP contribution in [0.5, 0.6) is 11.5 Å². The second-order valence-corrected chi connectivity index (χ2v) is 7.71. The van der Waals surface area contributed by atoms with Crippen LogP contribution in [-0.4, -0.2) is 20.0 Å². The Morgan fingerprint density at radius 2 is 0.818 bits per heavy atom. The van der Waals surface area contributed by atoms with E-state index in [2.05, 4.69) is 36.4 Å². The number of rotatable bonds is 7. The van der Waals surface area contributed by atoms with Crippen molar-refractivity contribution < 1.29 is 14.3 Å². The zero-order valence-electron chi connectivity index (χ0n) is 19.0. The minimum Gasteiger partial charge on any atom is -0.497 e. The van der Waals surface area contributed by atoms with E-state index in [9.17, 15) is 4.79 Å². The highest BCUT2D eigenvalue weighted by molar-refractivity contribution is 6.05. The first-order valence-electron chi connectivity index (χ1n) is 10.8. The molecule has 0 amide bonds. The highest BCUT2D eigenvalue weighted by atomic mass is 16.5. The van der Waals surface area contributed by atoms with Gasteiger partial charge in [-0.2, -0.15) is 0 Å². The zero-order valence-corrected chi connectivity index (χ0v) is 19.0. The average molecular weight is 435 g/mol. The van der Waals surface area contributed by atoms with Crippen molar-refractivity contribution in [3.05, 3.63) is 131 Å². The van der Waals surface area contributed by atoms with Crippen LogP contribution >= 0.6 is 0 Å². The summed E-state index contributed by atoms with van der Waals surface area (Å²) in [6.07, 6.45) is 0. The van der Waals surface area contributed by atoms with Crippen molar-refractivity contribution in [3.8, 4) is 11.5 Å².